The first-order valence-electron chi connectivity index (χ1n) is 4.01. The lowest BCUT2D eigenvalue weighted by atomic mass is 10.1. The van der Waals surface area contributed by atoms with Crippen LogP contribution in [0.5, 0.6) is 0 Å². The van der Waals surface area contributed by atoms with Gasteiger partial charge in [0.05, 0.1) is 10.7 Å². The summed E-state index contributed by atoms with van der Waals surface area (Å²) in [5.74, 6) is 0. The third-order valence-electron chi connectivity index (χ3n) is 2.03. The van der Waals surface area contributed by atoms with E-state index in [1.54, 1.807) is 0 Å². The smallest absolute Gasteiger partial charge is 0.176 e. The molecule has 1 aromatic heterocycles. The van der Waals surface area contributed by atoms with Gasteiger partial charge in [-0.3, -0.25) is 0 Å². The van der Waals surface area contributed by atoms with Crippen LogP contribution in [-0.4, -0.2) is 0 Å². The minimum atomic E-state index is 0.612. The topological polar surface area (TPSA) is 29.9 Å². The van der Waals surface area contributed by atoms with E-state index in [0.29, 0.717) is 10.7 Å². The summed E-state index contributed by atoms with van der Waals surface area (Å²) in [4.78, 5) is 0. The molecule has 0 aliphatic heterocycles. The van der Waals surface area contributed by atoms with Crippen LogP contribution in [0.15, 0.2) is 30.6 Å². The number of anilines is 1. The van der Waals surface area contributed by atoms with Crippen LogP contribution in [0.1, 0.15) is 0 Å². The summed E-state index contributed by atoms with van der Waals surface area (Å²) in [5.41, 5.74) is 6.32. The third kappa shape index (κ3) is 1.45. The van der Waals surface area contributed by atoms with Gasteiger partial charge in [0.15, 0.2) is 12.4 Å². The van der Waals surface area contributed by atoms with Crippen LogP contribution in [0.3, 0.4) is 0 Å². The highest BCUT2D eigenvalue weighted by Gasteiger charge is 2.02. The van der Waals surface area contributed by atoms with E-state index in [9.17, 15) is 0 Å². The Hall–Kier alpha value is -1.28. The molecule has 2 rings (SSSR count). The SMILES string of the molecule is C[n+]1ccc2cc(Cl)c(N)cc2c1. The fourth-order valence-corrected chi connectivity index (χ4v) is 1.51. The summed E-state index contributed by atoms with van der Waals surface area (Å²) in [6, 6.07) is 5.78. The molecule has 0 spiro atoms. The first-order chi connectivity index (χ1) is 6.16. The van der Waals surface area contributed by atoms with E-state index in [1.165, 1.54) is 0 Å². The number of nitrogens with zero attached hydrogens (tertiary/aromatic N) is 1. The van der Waals surface area contributed by atoms with Crippen molar-refractivity contribution in [3.63, 3.8) is 0 Å². The number of aromatic nitrogens is 1. The molecule has 0 amide bonds. The monoisotopic (exact) mass is 193 g/mol. The maximum Gasteiger partial charge on any atom is 0.176 e. The number of fused-ring (bicyclic) bond motifs is 1. The van der Waals surface area contributed by atoms with Gasteiger partial charge in [0.25, 0.3) is 0 Å². The molecule has 0 atom stereocenters. The zero-order valence-corrected chi connectivity index (χ0v) is 8.05. The molecular weight excluding hydrogens is 184 g/mol. The second kappa shape index (κ2) is 2.89. The summed E-state index contributed by atoms with van der Waals surface area (Å²) >= 11 is 5.90. The van der Waals surface area contributed by atoms with Crippen LogP contribution in [0.4, 0.5) is 5.69 Å². The van der Waals surface area contributed by atoms with Crippen molar-refractivity contribution >= 4 is 28.1 Å². The number of hydrogen-bond donors (Lipinski definition) is 1. The quantitative estimate of drug-likeness (QED) is 0.503. The van der Waals surface area contributed by atoms with E-state index >= 15 is 0 Å². The molecule has 0 aliphatic carbocycles. The van der Waals surface area contributed by atoms with Crippen molar-refractivity contribution < 1.29 is 4.57 Å². The Bertz CT molecular complexity index is 466. The van der Waals surface area contributed by atoms with Gasteiger partial charge in [0.1, 0.15) is 7.05 Å². The number of halogens is 1. The highest BCUT2D eigenvalue weighted by Crippen LogP contribution is 2.24. The van der Waals surface area contributed by atoms with Crippen molar-refractivity contribution in [2.45, 2.75) is 0 Å². The summed E-state index contributed by atoms with van der Waals surface area (Å²) in [5, 5.41) is 2.82. The molecule has 0 saturated heterocycles. The molecular formula is C10H10ClN2+. The third-order valence-corrected chi connectivity index (χ3v) is 2.36. The molecule has 66 valence electrons. The second-order valence-electron chi connectivity index (χ2n) is 3.11. The van der Waals surface area contributed by atoms with Crippen molar-refractivity contribution in [1.29, 1.82) is 0 Å². The Morgan fingerprint density at radius 1 is 1.31 bits per heavy atom. The van der Waals surface area contributed by atoms with Gasteiger partial charge in [-0.25, -0.2) is 4.57 Å². The standard InChI is InChI=1S/C10H10ClN2/c1-13-3-2-7-4-9(11)10(12)5-8(7)6-13/h2-6H,12H2,1H3/q+1. The van der Waals surface area contributed by atoms with Gasteiger partial charge in [0.2, 0.25) is 0 Å². The van der Waals surface area contributed by atoms with Crippen LogP contribution in [0.25, 0.3) is 10.8 Å². The summed E-state index contributed by atoms with van der Waals surface area (Å²) in [7, 11) is 1.98. The molecule has 2 nitrogen and oxygen atoms in total. The van der Waals surface area contributed by atoms with Gasteiger partial charge in [0, 0.05) is 11.5 Å². The van der Waals surface area contributed by atoms with Crippen molar-refractivity contribution in [1.82, 2.24) is 0 Å². The first-order valence-corrected chi connectivity index (χ1v) is 4.38. The zero-order valence-electron chi connectivity index (χ0n) is 7.29. The molecule has 0 fully saturated rings. The molecule has 2 aromatic rings. The van der Waals surface area contributed by atoms with Crippen LogP contribution >= 0.6 is 11.6 Å². The van der Waals surface area contributed by atoms with E-state index < -0.39 is 0 Å². The van der Waals surface area contributed by atoms with Gasteiger partial charge >= 0.3 is 0 Å². The largest absolute Gasteiger partial charge is 0.398 e. The van der Waals surface area contributed by atoms with Crippen molar-refractivity contribution in [2.75, 3.05) is 5.73 Å². The lowest BCUT2D eigenvalue weighted by Crippen LogP contribution is -2.25. The first kappa shape index (κ1) is 8.32. The molecule has 1 heterocycles. The molecule has 2 N–H and O–H groups in total. The van der Waals surface area contributed by atoms with Crippen molar-refractivity contribution in [3.05, 3.63) is 35.6 Å². The van der Waals surface area contributed by atoms with E-state index in [-0.39, 0.29) is 0 Å². The molecule has 3 heteroatoms. The van der Waals surface area contributed by atoms with E-state index in [4.69, 9.17) is 17.3 Å². The fourth-order valence-electron chi connectivity index (χ4n) is 1.34. The number of pyridine rings is 1. The van der Waals surface area contributed by atoms with Gasteiger partial charge in [-0.05, 0) is 17.5 Å². The summed E-state index contributed by atoms with van der Waals surface area (Å²) in [6.45, 7) is 0. The van der Waals surface area contributed by atoms with Crippen LogP contribution < -0.4 is 10.3 Å². The van der Waals surface area contributed by atoms with Crippen LogP contribution in [0, 0.1) is 0 Å². The Balaban J connectivity index is 2.81. The summed E-state index contributed by atoms with van der Waals surface area (Å²) < 4.78 is 1.98. The minimum absolute atomic E-state index is 0.612. The predicted octanol–water partition coefficient (Wildman–Crippen LogP) is 1.90. The maximum atomic E-state index is 5.90. The van der Waals surface area contributed by atoms with Gasteiger partial charge in [-0.1, -0.05) is 11.6 Å². The Morgan fingerprint density at radius 2 is 2.08 bits per heavy atom. The number of nitrogens with two attached hydrogens (primary N) is 1. The number of aryl methyl sites for hydroxylation is 1. The lowest BCUT2D eigenvalue weighted by Gasteiger charge is -2.00. The molecule has 0 unspecified atom stereocenters. The van der Waals surface area contributed by atoms with Gasteiger partial charge in [-0.2, -0.15) is 0 Å². The highest BCUT2D eigenvalue weighted by molar-refractivity contribution is 6.33. The second-order valence-corrected chi connectivity index (χ2v) is 3.52. The zero-order chi connectivity index (χ0) is 9.42. The number of benzene rings is 1. The highest BCUT2D eigenvalue weighted by atomic mass is 35.5. The Labute approximate surface area is 81.6 Å². The number of nitrogen functional groups attached to an aromatic ring is 1. The van der Waals surface area contributed by atoms with Gasteiger partial charge in [-0.15, -0.1) is 0 Å². The van der Waals surface area contributed by atoms with Gasteiger partial charge < -0.3 is 5.73 Å². The van der Waals surface area contributed by atoms with E-state index in [0.717, 1.165) is 10.8 Å². The predicted molar refractivity (Wildman–Crippen MR) is 54.5 cm³/mol. The van der Waals surface area contributed by atoms with E-state index in [2.05, 4.69) is 0 Å². The number of hydrogen-bond acceptors (Lipinski definition) is 1. The molecule has 1 aromatic carbocycles. The molecule has 0 saturated carbocycles. The van der Waals surface area contributed by atoms with Crippen molar-refractivity contribution in [2.24, 2.45) is 7.05 Å². The normalized spacial score (nSPS) is 10.6. The van der Waals surface area contributed by atoms with Crippen LogP contribution in [0.2, 0.25) is 5.02 Å². The molecule has 0 radical (unpaired) electrons. The Morgan fingerprint density at radius 3 is 2.85 bits per heavy atom. The maximum absolute atomic E-state index is 5.90. The fraction of sp³-hybridized carbons (Fsp3) is 0.100. The van der Waals surface area contributed by atoms with E-state index in [1.807, 2.05) is 42.2 Å². The van der Waals surface area contributed by atoms with Crippen LogP contribution in [-0.2, 0) is 7.05 Å². The van der Waals surface area contributed by atoms with Crippen molar-refractivity contribution in [3.8, 4) is 0 Å². The number of rotatable bonds is 0. The molecule has 0 aliphatic rings. The Kier molecular flexibility index (Phi) is 1.85. The average Bonchev–Trinajstić information content (AvgIpc) is 2.08. The summed E-state index contributed by atoms with van der Waals surface area (Å²) in [6.07, 6.45) is 4.00. The minimum Gasteiger partial charge on any atom is -0.398 e. The molecule has 0 bridgehead atoms. The average molecular weight is 194 g/mol. The lowest BCUT2D eigenvalue weighted by molar-refractivity contribution is -0.670. The molecule has 13 heavy (non-hydrogen) atoms.